The fraction of sp³-hybridized carbons (Fsp3) is 0.727. The topological polar surface area (TPSA) is 16.1 Å². The van der Waals surface area contributed by atoms with Crippen LogP contribution in [0.15, 0.2) is 0 Å². The van der Waals surface area contributed by atoms with E-state index in [4.69, 9.17) is 4.98 Å². The van der Waals surface area contributed by atoms with Crippen molar-refractivity contribution in [2.75, 3.05) is 18.0 Å². The van der Waals surface area contributed by atoms with E-state index < -0.39 is 0 Å². The molecule has 1 saturated heterocycles. The first-order valence-electron chi connectivity index (χ1n) is 5.52. The van der Waals surface area contributed by atoms with E-state index in [0.717, 1.165) is 6.42 Å². The van der Waals surface area contributed by atoms with Crippen LogP contribution in [0.25, 0.3) is 0 Å². The predicted octanol–water partition coefficient (Wildman–Crippen LogP) is 2.00. The molecule has 0 aliphatic carbocycles. The quantitative estimate of drug-likeness (QED) is 0.753. The summed E-state index contributed by atoms with van der Waals surface area (Å²) in [4.78, 5) is 7.27. The average Bonchev–Trinajstić information content (AvgIpc) is 2.61. The second-order valence-corrected chi connectivity index (χ2v) is 6.38. The maximum absolute atomic E-state index is 4.76. The summed E-state index contributed by atoms with van der Waals surface area (Å²) in [5.74, 6) is 0. The summed E-state index contributed by atoms with van der Waals surface area (Å²) in [5, 5.41) is 0. The zero-order valence-electron chi connectivity index (χ0n) is 9.05. The summed E-state index contributed by atoms with van der Waals surface area (Å²) in [7, 11) is 0. The van der Waals surface area contributed by atoms with Crippen molar-refractivity contribution in [3.8, 4) is 0 Å². The summed E-state index contributed by atoms with van der Waals surface area (Å²) in [5.41, 5.74) is 1.35. The van der Waals surface area contributed by atoms with E-state index in [1.165, 1.54) is 42.7 Å². The van der Waals surface area contributed by atoms with E-state index in [1.54, 1.807) is 4.44 Å². The third kappa shape index (κ3) is 2.04. The van der Waals surface area contributed by atoms with E-state index in [1.807, 2.05) is 0 Å². The zero-order chi connectivity index (χ0) is 9.97. The Morgan fingerprint density at radius 3 is 2.57 bits per heavy atom. The van der Waals surface area contributed by atoms with Crippen molar-refractivity contribution in [1.29, 1.82) is 0 Å². The molecule has 2 heterocycles. The fourth-order valence-corrected chi connectivity index (χ4v) is 4.16. The third-order valence-electron chi connectivity index (χ3n) is 2.84. The van der Waals surface area contributed by atoms with Crippen LogP contribution < -0.4 is 4.90 Å². The minimum absolute atomic E-state index is 0.530. The first kappa shape index (κ1) is 10.3. The van der Waals surface area contributed by atoms with Crippen LogP contribution in [0, 0.1) is 6.92 Å². The molecule has 0 unspecified atom stereocenters. The Morgan fingerprint density at radius 1 is 1.29 bits per heavy atom. The molecular weight excluding hydrogens is 239 g/mol. The summed E-state index contributed by atoms with van der Waals surface area (Å²) < 4.78 is 2.94. The van der Waals surface area contributed by atoms with E-state index in [0.29, 0.717) is 14.5 Å². The molecule has 1 aromatic heterocycles. The number of nitrogens with zero attached hydrogens (tertiary/aromatic N) is 2. The number of rotatable bonds is 2. The number of aryl methyl sites for hydroxylation is 2. The van der Waals surface area contributed by atoms with Gasteiger partial charge in [0.05, 0.1) is 0 Å². The molecule has 0 spiro atoms. The standard InChI is InChI=1S/C11H18N2Se/c1-3-10-9(2)14-11(12-10)13-7-5-4-6-8-13/h3-8H2,1-2H3. The minimum atomic E-state index is 0.530. The summed E-state index contributed by atoms with van der Waals surface area (Å²) in [6.45, 7) is 6.94. The average molecular weight is 257 g/mol. The van der Waals surface area contributed by atoms with Crippen molar-refractivity contribution in [1.82, 2.24) is 4.98 Å². The number of hydrogen-bond acceptors (Lipinski definition) is 2. The third-order valence-corrected chi connectivity index (χ3v) is 5.10. The van der Waals surface area contributed by atoms with E-state index in [2.05, 4.69) is 18.7 Å². The van der Waals surface area contributed by atoms with Crippen LogP contribution in [0.4, 0.5) is 4.69 Å². The van der Waals surface area contributed by atoms with Crippen molar-refractivity contribution in [3.63, 3.8) is 0 Å². The molecule has 0 N–H and O–H groups in total. The summed E-state index contributed by atoms with van der Waals surface area (Å²) in [6.07, 6.45) is 5.22. The molecule has 0 radical (unpaired) electrons. The van der Waals surface area contributed by atoms with Gasteiger partial charge in [-0.1, -0.05) is 0 Å². The number of aromatic nitrogens is 1. The van der Waals surface area contributed by atoms with Gasteiger partial charge in [0.2, 0.25) is 0 Å². The van der Waals surface area contributed by atoms with Crippen LogP contribution in [0.1, 0.15) is 36.3 Å². The molecule has 0 bridgehead atoms. The van der Waals surface area contributed by atoms with Gasteiger partial charge in [0, 0.05) is 0 Å². The van der Waals surface area contributed by atoms with Gasteiger partial charge < -0.3 is 0 Å². The second kappa shape index (κ2) is 4.50. The van der Waals surface area contributed by atoms with Crippen LogP contribution in [-0.4, -0.2) is 32.6 Å². The van der Waals surface area contributed by atoms with Gasteiger partial charge >= 0.3 is 91.8 Å². The molecule has 0 atom stereocenters. The van der Waals surface area contributed by atoms with Crippen LogP contribution in [0.3, 0.4) is 0 Å². The van der Waals surface area contributed by atoms with Gasteiger partial charge in [0.1, 0.15) is 0 Å². The Morgan fingerprint density at radius 2 is 2.00 bits per heavy atom. The van der Waals surface area contributed by atoms with Crippen LogP contribution in [0.2, 0.25) is 0 Å². The first-order valence-corrected chi connectivity index (χ1v) is 7.24. The Balaban J connectivity index is 2.14. The molecule has 1 fully saturated rings. The molecule has 0 aromatic carbocycles. The molecule has 2 nitrogen and oxygen atoms in total. The summed E-state index contributed by atoms with van der Waals surface area (Å²) in [6, 6.07) is 0. The van der Waals surface area contributed by atoms with Gasteiger partial charge in [0.25, 0.3) is 0 Å². The van der Waals surface area contributed by atoms with Crippen molar-refractivity contribution in [3.05, 3.63) is 10.1 Å². The number of piperidine rings is 1. The molecule has 1 aliphatic heterocycles. The second-order valence-electron chi connectivity index (χ2n) is 3.90. The van der Waals surface area contributed by atoms with Crippen LogP contribution >= 0.6 is 0 Å². The van der Waals surface area contributed by atoms with Gasteiger partial charge in [-0.2, -0.15) is 0 Å². The molecule has 3 heteroatoms. The van der Waals surface area contributed by atoms with Crippen molar-refractivity contribution < 1.29 is 0 Å². The van der Waals surface area contributed by atoms with Crippen LogP contribution in [0.5, 0.6) is 0 Å². The molecule has 14 heavy (non-hydrogen) atoms. The van der Waals surface area contributed by atoms with E-state index >= 15 is 0 Å². The molecule has 78 valence electrons. The van der Waals surface area contributed by atoms with Gasteiger partial charge in [-0.15, -0.1) is 0 Å². The molecule has 0 saturated carbocycles. The first-order chi connectivity index (χ1) is 6.81. The predicted molar refractivity (Wildman–Crippen MR) is 61.4 cm³/mol. The molecule has 2 rings (SSSR count). The SMILES string of the molecule is CCc1nc(N2CCCCC2)[se]c1C. The normalized spacial score (nSPS) is 17.4. The molecule has 1 aliphatic rings. The monoisotopic (exact) mass is 258 g/mol. The van der Waals surface area contributed by atoms with Gasteiger partial charge in [-0.05, 0) is 0 Å². The number of anilines is 1. The Bertz CT molecular complexity index is 300. The van der Waals surface area contributed by atoms with Gasteiger partial charge in [0.15, 0.2) is 0 Å². The molecule has 0 amide bonds. The van der Waals surface area contributed by atoms with E-state index in [9.17, 15) is 0 Å². The van der Waals surface area contributed by atoms with Gasteiger partial charge in [-0.25, -0.2) is 0 Å². The van der Waals surface area contributed by atoms with Gasteiger partial charge in [-0.3, -0.25) is 0 Å². The Kier molecular flexibility index (Phi) is 3.30. The van der Waals surface area contributed by atoms with Crippen molar-refractivity contribution >= 4 is 19.2 Å². The zero-order valence-corrected chi connectivity index (χ0v) is 10.8. The van der Waals surface area contributed by atoms with Crippen LogP contribution in [-0.2, 0) is 6.42 Å². The van der Waals surface area contributed by atoms with Crippen molar-refractivity contribution in [2.24, 2.45) is 0 Å². The summed E-state index contributed by atoms with van der Waals surface area (Å²) >= 11 is 0.530. The Hall–Kier alpha value is -0.271. The molecular formula is C11H18N2Se. The maximum atomic E-state index is 4.76. The fourth-order valence-electron chi connectivity index (χ4n) is 1.96. The molecule has 1 aromatic rings. The Labute approximate surface area is 92.1 Å². The van der Waals surface area contributed by atoms with Crippen molar-refractivity contribution in [2.45, 2.75) is 39.5 Å². The number of hydrogen-bond donors (Lipinski definition) is 0. The van der Waals surface area contributed by atoms with E-state index in [-0.39, 0.29) is 0 Å².